The second-order valence-corrected chi connectivity index (χ2v) is 7.44. The molecule has 0 unspecified atom stereocenters. The van der Waals surface area contributed by atoms with Gasteiger partial charge in [-0.1, -0.05) is 13.8 Å². The van der Waals surface area contributed by atoms with Crippen LogP contribution in [0.5, 0.6) is 0 Å². The van der Waals surface area contributed by atoms with Crippen LogP contribution in [0.15, 0.2) is 0 Å². The highest BCUT2D eigenvalue weighted by Crippen LogP contribution is 2.05. The number of rotatable bonds is 14. The highest BCUT2D eigenvalue weighted by Gasteiger charge is 2.32. The van der Waals surface area contributed by atoms with Gasteiger partial charge in [-0.2, -0.15) is 0 Å². The van der Waals surface area contributed by atoms with Gasteiger partial charge >= 0.3 is 17.9 Å². The Bertz CT molecular complexity index is 785. The summed E-state index contributed by atoms with van der Waals surface area (Å²) < 4.78 is 0. The van der Waals surface area contributed by atoms with Crippen LogP contribution in [-0.4, -0.2) is 87.6 Å². The average Bonchev–Trinajstić information content (AvgIpc) is 2.67. The van der Waals surface area contributed by atoms with Gasteiger partial charge < -0.3 is 42.3 Å². The van der Waals surface area contributed by atoms with E-state index in [0.29, 0.717) is 0 Å². The zero-order valence-corrected chi connectivity index (χ0v) is 18.3. The Labute approximate surface area is 188 Å². The Hall–Kier alpha value is -3.75. The number of nitrogens with one attached hydrogen (secondary N) is 4. The molecular weight excluding hydrogens is 446 g/mol. The summed E-state index contributed by atoms with van der Waals surface area (Å²) >= 11 is 0. The standard InChI is InChI=1S/C18H29N5O10/c1-7(2)14(23-16(31)9(19)4-11(24)25)18(33)22-10(5-12(26)27)17(32)21-8(3)15(30)20-6-13(28)29/h7-10,14H,4-6,19H2,1-3H3,(H,20,30)(H,21,32)(H,22,33)(H,23,31)(H,24,25)(H,26,27)(H,28,29)/t8-,9-,10-,14-/m0/s1. The van der Waals surface area contributed by atoms with Crippen molar-refractivity contribution in [1.29, 1.82) is 0 Å². The molecule has 33 heavy (non-hydrogen) atoms. The van der Waals surface area contributed by atoms with E-state index < -0.39 is 91.0 Å². The van der Waals surface area contributed by atoms with Gasteiger partial charge in [0.15, 0.2) is 0 Å². The highest BCUT2D eigenvalue weighted by atomic mass is 16.4. The predicted molar refractivity (Wildman–Crippen MR) is 109 cm³/mol. The van der Waals surface area contributed by atoms with Crippen LogP contribution in [0, 0.1) is 5.92 Å². The Balaban J connectivity index is 5.33. The number of aliphatic carboxylic acids is 3. The Morgan fingerprint density at radius 2 is 1.24 bits per heavy atom. The van der Waals surface area contributed by atoms with Crippen molar-refractivity contribution in [1.82, 2.24) is 21.3 Å². The molecule has 15 nitrogen and oxygen atoms in total. The van der Waals surface area contributed by atoms with Crippen LogP contribution in [0.4, 0.5) is 0 Å². The lowest BCUT2D eigenvalue weighted by Gasteiger charge is -2.26. The van der Waals surface area contributed by atoms with Gasteiger partial charge in [0.2, 0.25) is 23.6 Å². The summed E-state index contributed by atoms with van der Waals surface area (Å²) in [6, 6.07) is -5.62. The molecule has 0 aromatic rings. The van der Waals surface area contributed by atoms with E-state index in [4.69, 9.17) is 21.1 Å². The summed E-state index contributed by atoms with van der Waals surface area (Å²) in [4.78, 5) is 81.4. The Morgan fingerprint density at radius 3 is 1.70 bits per heavy atom. The van der Waals surface area contributed by atoms with Gasteiger partial charge in [-0.25, -0.2) is 0 Å². The minimum atomic E-state index is -1.64. The van der Waals surface area contributed by atoms with E-state index in [9.17, 15) is 33.6 Å². The number of amides is 4. The number of nitrogens with two attached hydrogens (primary N) is 1. The zero-order chi connectivity index (χ0) is 25.9. The first-order valence-corrected chi connectivity index (χ1v) is 9.75. The van der Waals surface area contributed by atoms with Gasteiger partial charge in [-0.15, -0.1) is 0 Å². The number of carbonyl (C=O) groups excluding carboxylic acids is 4. The van der Waals surface area contributed by atoms with Crippen molar-refractivity contribution < 1.29 is 48.9 Å². The van der Waals surface area contributed by atoms with Crippen LogP contribution < -0.4 is 27.0 Å². The molecule has 0 aromatic carbocycles. The van der Waals surface area contributed by atoms with Crippen LogP contribution in [0.1, 0.15) is 33.6 Å². The summed E-state index contributed by atoms with van der Waals surface area (Å²) in [5.74, 6) is -8.43. The average molecular weight is 475 g/mol. The monoisotopic (exact) mass is 475 g/mol. The Morgan fingerprint density at radius 1 is 0.697 bits per heavy atom. The van der Waals surface area contributed by atoms with Crippen molar-refractivity contribution in [2.45, 2.75) is 57.8 Å². The Kier molecular flexibility index (Phi) is 12.1. The summed E-state index contributed by atoms with van der Waals surface area (Å²) in [7, 11) is 0. The predicted octanol–water partition coefficient (Wildman–Crippen LogP) is -3.41. The van der Waals surface area contributed by atoms with E-state index in [1.165, 1.54) is 20.8 Å². The van der Waals surface area contributed by atoms with E-state index >= 15 is 0 Å². The summed E-state index contributed by atoms with van der Waals surface area (Å²) in [6.07, 6.45) is -1.55. The fraction of sp³-hybridized carbons (Fsp3) is 0.611. The molecule has 0 heterocycles. The van der Waals surface area contributed by atoms with Gasteiger partial charge in [0, 0.05) is 0 Å². The van der Waals surface area contributed by atoms with Gasteiger partial charge in [0.1, 0.15) is 24.7 Å². The van der Waals surface area contributed by atoms with E-state index in [1.807, 2.05) is 5.32 Å². The SMILES string of the molecule is CC(C)[C@H](NC(=O)[C@@H](N)CC(=O)O)C(=O)N[C@@H](CC(=O)O)C(=O)N[C@@H](C)C(=O)NCC(=O)O. The maximum Gasteiger partial charge on any atom is 0.322 e. The van der Waals surface area contributed by atoms with Gasteiger partial charge in [-0.3, -0.25) is 33.6 Å². The first-order chi connectivity index (χ1) is 15.1. The molecule has 0 saturated carbocycles. The molecule has 0 fully saturated rings. The van der Waals surface area contributed by atoms with Crippen molar-refractivity contribution in [2.24, 2.45) is 11.7 Å². The lowest BCUT2D eigenvalue weighted by Crippen LogP contribution is -2.59. The maximum atomic E-state index is 12.7. The van der Waals surface area contributed by atoms with E-state index in [-0.39, 0.29) is 0 Å². The van der Waals surface area contributed by atoms with Gasteiger partial charge in [0.25, 0.3) is 0 Å². The van der Waals surface area contributed by atoms with Crippen molar-refractivity contribution in [2.75, 3.05) is 6.54 Å². The van der Waals surface area contributed by atoms with Crippen LogP contribution in [0.3, 0.4) is 0 Å². The topological polar surface area (TPSA) is 254 Å². The summed E-state index contributed by atoms with van der Waals surface area (Å²) in [5.41, 5.74) is 5.47. The molecule has 15 heteroatoms. The molecule has 186 valence electrons. The highest BCUT2D eigenvalue weighted by molar-refractivity contribution is 5.96. The number of hydrogen-bond donors (Lipinski definition) is 8. The van der Waals surface area contributed by atoms with E-state index in [2.05, 4.69) is 16.0 Å². The van der Waals surface area contributed by atoms with Crippen molar-refractivity contribution in [3.63, 3.8) is 0 Å². The lowest BCUT2D eigenvalue weighted by molar-refractivity contribution is -0.142. The molecule has 0 aromatic heterocycles. The molecular formula is C18H29N5O10. The normalized spacial score (nSPS) is 14.2. The number of carbonyl (C=O) groups is 7. The number of carboxylic acid groups (broad SMARTS) is 3. The third kappa shape index (κ3) is 11.4. The van der Waals surface area contributed by atoms with Crippen molar-refractivity contribution >= 4 is 41.5 Å². The molecule has 0 aliphatic heterocycles. The summed E-state index contributed by atoms with van der Waals surface area (Å²) in [5, 5.41) is 35.0. The van der Waals surface area contributed by atoms with Crippen molar-refractivity contribution in [3.8, 4) is 0 Å². The minimum Gasteiger partial charge on any atom is -0.481 e. The number of carboxylic acids is 3. The second-order valence-electron chi connectivity index (χ2n) is 7.44. The summed E-state index contributed by atoms with van der Waals surface area (Å²) in [6.45, 7) is 3.59. The van der Waals surface area contributed by atoms with Crippen LogP contribution in [0.2, 0.25) is 0 Å². The maximum absolute atomic E-state index is 12.7. The van der Waals surface area contributed by atoms with E-state index in [1.54, 1.807) is 0 Å². The van der Waals surface area contributed by atoms with Gasteiger partial charge in [-0.05, 0) is 12.8 Å². The smallest absolute Gasteiger partial charge is 0.322 e. The van der Waals surface area contributed by atoms with Crippen LogP contribution in [0.25, 0.3) is 0 Å². The van der Waals surface area contributed by atoms with Crippen LogP contribution in [-0.2, 0) is 33.6 Å². The molecule has 0 spiro atoms. The fourth-order valence-corrected chi connectivity index (χ4v) is 2.42. The lowest BCUT2D eigenvalue weighted by atomic mass is 10.0. The number of hydrogen-bond acceptors (Lipinski definition) is 8. The molecule has 0 aliphatic carbocycles. The van der Waals surface area contributed by atoms with Gasteiger partial charge in [0.05, 0.1) is 18.9 Å². The molecule has 4 atom stereocenters. The largest absolute Gasteiger partial charge is 0.481 e. The molecule has 0 saturated heterocycles. The first-order valence-electron chi connectivity index (χ1n) is 9.75. The first kappa shape index (κ1) is 29.2. The minimum absolute atomic E-state index is 0.555. The van der Waals surface area contributed by atoms with Crippen molar-refractivity contribution in [3.05, 3.63) is 0 Å². The fourth-order valence-electron chi connectivity index (χ4n) is 2.42. The molecule has 0 aliphatic rings. The third-order valence-corrected chi connectivity index (χ3v) is 4.16. The molecule has 0 rings (SSSR count). The van der Waals surface area contributed by atoms with E-state index in [0.717, 1.165) is 0 Å². The molecule has 9 N–H and O–H groups in total. The zero-order valence-electron chi connectivity index (χ0n) is 18.3. The molecule has 0 bridgehead atoms. The second kappa shape index (κ2) is 13.6. The third-order valence-electron chi connectivity index (χ3n) is 4.16. The molecule has 0 radical (unpaired) electrons. The quantitative estimate of drug-likeness (QED) is 0.123. The van der Waals surface area contributed by atoms with Crippen LogP contribution >= 0.6 is 0 Å². The molecule has 4 amide bonds.